The minimum absolute atomic E-state index is 0.0969. The van der Waals surface area contributed by atoms with Crippen LogP contribution < -0.4 is 5.32 Å². The average Bonchev–Trinajstić information content (AvgIpc) is 3.45. The molecule has 0 unspecified atom stereocenters. The molecule has 11 heteroatoms. The van der Waals surface area contributed by atoms with E-state index in [-0.39, 0.29) is 24.1 Å². The molecule has 0 aliphatic heterocycles. The second-order valence-electron chi connectivity index (χ2n) is 6.17. The summed E-state index contributed by atoms with van der Waals surface area (Å²) in [5, 5.41) is 16.4. The number of aromatic nitrogens is 4. The number of anilines is 1. The number of hydrogen-bond donors (Lipinski definition) is 1. The van der Waals surface area contributed by atoms with Crippen molar-refractivity contribution in [1.29, 1.82) is 0 Å². The van der Waals surface area contributed by atoms with Gasteiger partial charge in [0.2, 0.25) is 5.91 Å². The first-order chi connectivity index (χ1) is 14.5. The molecule has 8 nitrogen and oxygen atoms in total. The lowest BCUT2D eigenvalue weighted by Gasteiger charge is -2.06. The van der Waals surface area contributed by atoms with E-state index < -0.39 is 0 Å². The van der Waals surface area contributed by atoms with Gasteiger partial charge in [0.1, 0.15) is 0 Å². The first-order valence-corrected chi connectivity index (χ1v) is 12.3. The number of carbonyl (C=O) groups is 2. The Bertz CT molecular complexity index is 1010. The van der Waals surface area contributed by atoms with Crippen molar-refractivity contribution >= 4 is 51.4 Å². The van der Waals surface area contributed by atoms with Gasteiger partial charge in [0.25, 0.3) is 0 Å². The number of thiophene rings is 1. The molecule has 160 valence electrons. The zero-order valence-corrected chi connectivity index (χ0v) is 19.5. The third-order valence-electron chi connectivity index (χ3n) is 4.05. The van der Waals surface area contributed by atoms with Crippen molar-refractivity contribution in [2.45, 2.75) is 45.3 Å². The van der Waals surface area contributed by atoms with Crippen LogP contribution in [0.5, 0.6) is 0 Å². The molecule has 1 amide bonds. The van der Waals surface area contributed by atoms with E-state index in [9.17, 15) is 9.59 Å². The van der Waals surface area contributed by atoms with Gasteiger partial charge in [-0.1, -0.05) is 18.7 Å². The van der Waals surface area contributed by atoms with Gasteiger partial charge in [-0.2, -0.15) is 0 Å². The third-order valence-corrected chi connectivity index (χ3v) is 6.91. The molecule has 30 heavy (non-hydrogen) atoms. The molecule has 0 aliphatic rings. The SMILES string of the molecule is CCOC(=O)Cc1csc(NC(=O)CSc2nnc(-c3csc(CC)c3)n2CC)n1. The molecule has 0 atom stereocenters. The van der Waals surface area contributed by atoms with Gasteiger partial charge in [-0.15, -0.1) is 32.9 Å². The average molecular weight is 466 g/mol. The number of carbonyl (C=O) groups excluding carboxylic acids is 2. The van der Waals surface area contributed by atoms with Gasteiger partial charge in [-0.3, -0.25) is 9.59 Å². The molecule has 0 fully saturated rings. The van der Waals surface area contributed by atoms with Crippen LogP contribution in [0.3, 0.4) is 0 Å². The molecule has 1 N–H and O–H groups in total. The highest BCUT2D eigenvalue weighted by Gasteiger charge is 2.16. The number of esters is 1. The van der Waals surface area contributed by atoms with E-state index in [0.717, 1.165) is 17.8 Å². The molecule has 0 aromatic carbocycles. The second kappa shape index (κ2) is 10.7. The first-order valence-electron chi connectivity index (χ1n) is 9.57. The smallest absolute Gasteiger partial charge is 0.311 e. The number of hydrogen-bond acceptors (Lipinski definition) is 9. The molecule has 0 bridgehead atoms. The molecular formula is C19H23N5O3S3. The monoisotopic (exact) mass is 465 g/mol. The van der Waals surface area contributed by atoms with Crippen molar-refractivity contribution in [2.24, 2.45) is 0 Å². The lowest BCUT2D eigenvalue weighted by molar-refractivity contribution is -0.142. The van der Waals surface area contributed by atoms with Crippen LogP contribution in [0.15, 0.2) is 22.0 Å². The molecule has 0 saturated heterocycles. The maximum absolute atomic E-state index is 12.3. The predicted octanol–water partition coefficient (Wildman–Crippen LogP) is 3.88. The fraction of sp³-hybridized carbons (Fsp3) is 0.421. The van der Waals surface area contributed by atoms with Crippen molar-refractivity contribution in [1.82, 2.24) is 19.7 Å². The van der Waals surface area contributed by atoms with Crippen LogP contribution >= 0.6 is 34.4 Å². The summed E-state index contributed by atoms with van der Waals surface area (Å²) in [5.74, 6) is 0.491. The Balaban J connectivity index is 1.57. The summed E-state index contributed by atoms with van der Waals surface area (Å²) in [4.78, 5) is 29.4. The summed E-state index contributed by atoms with van der Waals surface area (Å²) in [6.07, 6.45) is 1.09. The number of ether oxygens (including phenoxy) is 1. The fourth-order valence-corrected chi connectivity index (χ4v) is 5.01. The first kappa shape index (κ1) is 22.4. The van der Waals surface area contributed by atoms with E-state index >= 15 is 0 Å². The van der Waals surface area contributed by atoms with Crippen LogP contribution in [0.1, 0.15) is 31.3 Å². The highest BCUT2D eigenvalue weighted by atomic mass is 32.2. The lowest BCUT2D eigenvalue weighted by atomic mass is 10.2. The minimum Gasteiger partial charge on any atom is -0.466 e. The summed E-state index contributed by atoms with van der Waals surface area (Å²) in [7, 11) is 0. The predicted molar refractivity (Wildman–Crippen MR) is 120 cm³/mol. The highest BCUT2D eigenvalue weighted by Crippen LogP contribution is 2.28. The third kappa shape index (κ3) is 5.67. The zero-order valence-electron chi connectivity index (χ0n) is 17.0. The largest absolute Gasteiger partial charge is 0.466 e. The number of nitrogens with zero attached hydrogens (tertiary/aromatic N) is 4. The summed E-state index contributed by atoms with van der Waals surface area (Å²) < 4.78 is 6.92. The zero-order chi connectivity index (χ0) is 21.5. The molecule has 0 radical (unpaired) electrons. The molecule has 3 aromatic rings. The molecule has 3 rings (SSSR count). The van der Waals surface area contributed by atoms with Gasteiger partial charge in [0, 0.05) is 27.7 Å². The molecule has 0 aliphatic carbocycles. The summed E-state index contributed by atoms with van der Waals surface area (Å²) in [5.41, 5.74) is 1.64. The van der Waals surface area contributed by atoms with Crippen LogP contribution in [-0.2, 0) is 33.7 Å². The van der Waals surface area contributed by atoms with Gasteiger partial charge >= 0.3 is 5.97 Å². The molecule has 0 saturated carbocycles. The van der Waals surface area contributed by atoms with Crippen molar-refractivity contribution in [2.75, 3.05) is 17.7 Å². The molecular weight excluding hydrogens is 442 g/mol. The van der Waals surface area contributed by atoms with Crippen LogP contribution in [-0.4, -0.2) is 44.0 Å². The highest BCUT2D eigenvalue weighted by molar-refractivity contribution is 7.99. The van der Waals surface area contributed by atoms with Gasteiger partial charge in [-0.05, 0) is 26.3 Å². The van der Waals surface area contributed by atoms with Gasteiger partial charge in [-0.25, -0.2) is 4.98 Å². The van der Waals surface area contributed by atoms with Crippen molar-refractivity contribution < 1.29 is 14.3 Å². The van der Waals surface area contributed by atoms with Crippen molar-refractivity contribution in [3.8, 4) is 11.4 Å². The van der Waals surface area contributed by atoms with E-state index in [1.165, 1.54) is 28.0 Å². The van der Waals surface area contributed by atoms with E-state index in [0.29, 0.717) is 29.1 Å². The number of aryl methyl sites for hydroxylation is 1. The number of amides is 1. The summed E-state index contributed by atoms with van der Waals surface area (Å²) in [6, 6.07) is 2.14. The minimum atomic E-state index is -0.331. The Kier molecular flexibility index (Phi) is 8.00. The molecule has 3 aromatic heterocycles. The topological polar surface area (TPSA) is 99.0 Å². The Morgan fingerprint density at radius 1 is 1.20 bits per heavy atom. The van der Waals surface area contributed by atoms with Crippen LogP contribution in [0, 0.1) is 0 Å². The normalized spacial score (nSPS) is 10.9. The van der Waals surface area contributed by atoms with Crippen molar-refractivity contribution in [3.05, 3.63) is 27.4 Å². The Hall–Kier alpha value is -2.24. The van der Waals surface area contributed by atoms with E-state index in [1.807, 2.05) is 11.5 Å². The van der Waals surface area contributed by atoms with Crippen LogP contribution in [0.25, 0.3) is 11.4 Å². The number of rotatable bonds is 10. The van der Waals surface area contributed by atoms with Gasteiger partial charge < -0.3 is 14.6 Å². The Labute approximate surface area is 187 Å². The maximum atomic E-state index is 12.3. The van der Waals surface area contributed by atoms with E-state index in [4.69, 9.17) is 4.74 Å². The molecule has 0 spiro atoms. The number of thiazole rings is 1. The summed E-state index contributed by atoms with van der Waals surface area (Å²) >= 11 is 4.33. The second-order valence-corrected chi connectivity index (χ2v) is 8.96. The summed E-state index contributed by atoms with van der Waals surface area (Å²) in [6.45, 7) is 6.97. The fourth-order valence-electron chi connectivity index (χ4n) is 2.67. The Morgan fingerprint density at radius 2 is 2.03 bits per heavy atom. The van der Waals surface area contributed by atoms with Crippen LogP contribution in [0.2, 0.25) is 0 Å². The van der Waals surface area contributed by atoms with Crippen molar-refractivity contribution in [3.63, 3.8) is 0 Å². The van der Waals surface area contributed by atoms with E-state index in [1.54, 1.807) is 23.6 Å². The van der Waals surface area contributed by atoms with E-state index in [2.05, 4.69) is 38.9 Å². The molecule has 3 heterocycles. The standard InChI is InChI=1S/C19H23N5O3S3/c1-4-14-7-12(9-28-14)17-22-23-19(24(17)5-2)30-11-15(25)21-18-20-13(10-29-18)8-16(26)27-6-3/h7,9-10H,4-6,8,11H2,1-3H3,(H,20,21,25). The van der Waals surface area contributed by atoms with Gasteiger partial charge in [0.15, 0.2) is 16.1 Å². The number of nitrogens with one attached hydrogen (secondary N) is 1. The lowest BCUT2D eigenvalue weighted by Crippen LogP contribution is -2.15. The maximum Gasteiger partial charge on any atom is 0.311 e. The Morgan fingerprint density at radius 3 is 2.73 bits per heavy atom. The quantitative estimate of drug-likeness (QED) is 0.358. The van der Waals surface area contributed by atoms with Crippen LogP contribution in [0.4, 0.5) is 5.13 Å². The number of thioether (sulfide) groups is 1. The van der Waals surface area contributed by atoms with Gasteiger partial charge in [0.05, 0.1) is 24.5 Å².